The summed E-state index contributed by atoms with van der Waals surface area (Å²) >= 11 is 0. The first kappa shape index (κ1) is 24.0. The fraction of sp³-hybridized carbons (Fsp3) is 0.345. The van der Waals surface area contributed by atoms with Crippen LogP contribution in [0.15, 0.2) is 72.9 Å². The van der Waals surface area contributed by atoms with Crippen LogP contribution in [0.2, 0.25) is 0 Å². The zero-order valence-corrected chi connectivity index (χ0v) is 21.2. The van der Waals surface area contributed by atoms with Gasteiger partial charge in [0, 0.05) is 25.6 Å². The monoisotopic (exact) mass is 484 g/mol. The largest absolute Gasteiger partial charge is 0.438 e. The minimum atomic E-state index is -0.991. The number of amides is 1. The van der Waals surface area contributed by atoms with Gasteiger partial charge in [0.1, 0.15) is 11.4 Å². The molecule has 1 fully saturated rings. The zero-order valence-electron chi connectivity index (χ0n) is 21.2. The summed E-state index contributed by atoms with van der Waals surface area (Å²) < 4.78 is 7.97. The highest BCUT2D eigenvalue weighted by molar-refractivity contribution is 5.74. The highest BCUT2D eigenvalue weighted by Crippen LogP contribution is 2.43. The quantitative estimate of drug-likeness (QED) is 0.382. The summed E-state index contributed by atoms with van der Waals surface area (Å²) in [6.45, 7) is 7.93. The average Bonchev–Trinajstić information content (AvgIpc) is 3.22. The third-order valence-electron chi connectivity index (χ3n) is 6.92. The molecule has 0 bridgehead atoms. The van der Waals surface area contributed by atoms with Crippen LogP contribution in [0.1, 0.15) is 56.6 Å². The molecule has 1 N–H and O–H groups in total. The van der Waals surface area contributed by atoms with Crippen LogP contribution in [-0.4, -0.2) is 42.8 Å². The molecule has 7 heteroatoms. The summed E-state index contributed by atoms with van der Waals surface area (Å²) in [4.78, 5) is 19.8. The van der Waals surface area contributed by atoms with Crippen molar-refractivity contribution in [1.29, 1.82) is 0 Å². The van der Waals surface area contributed by atoms with Gasteiger partial charge in [0.25, 0.3) is 0 Å². The van der Waals surface area contributed by atoms with Gasteiger partial charge >= 0.3 is 6.09 Å². The Morgan fingerprint density at radius 2 is 1.83 bits per heavy atom. The van der Waals surface area contributed by atoms with Crippen molar-refractivity contribution in [1.82, 2.24) is 19.5 Å². The number of cyclic esters (lactones) is 1. The zero-order chi connectivity index (χ0) is 25.5. The fourth-order valence-corrected chi connectivity index (χ4v) is 5.34. The lowest BCUT2D eigenvalue weighted by Crippen LogP contribution is -2.51. The average molecular weight is 485 g/mol. The second-order valence-electron chi connectivity index (χ2n) is 10.3. The van der Waals surface area contributed by atoms with Crippen molar-refractivity contribution in [3.05, 3.63) is 89.9 Å². The van der Waals surface area contributed by atoms with Gasteiger partial charge in [0.2, 0.25) is 0 Å². The number of aromatic nitrogens is 3. The van der Waals surface area contributed by atoms with E-state index in [1.165, 1.54) is 0 Å². The Hall–Kier alpha value is -3.71. The SMILES string of the molecule is Cc1nc2cc(-c3ccccc3C(C)N3CCC(CC(C)(C)O)(c4ccccc4)OC3=O)ccn2n1. The van der Waals surface area contributed by atoms with Crippen LogP contribution in [-0.2, 0) is 10.3 Å². The molecule has 0 radical (unpaired) electrons. The van der Waals surface area contributed by atoms with Crippen molar-refractivity contribution in [3.8, 4) is 11.1 Å². The van der Waals surface area contributed by atoms with Crippen LogP contribution in [0.5, 0.6) is 0 Å². The molecule has 1 aliphatic rings. The second kappa shape index (κ2) is 9.06. The number of aliphatic hydroxyl groups is 1. The van der Waals surface area contributed by atoms with Crippen molar-refractivity contribution in [3.63, 3.8) is 0 Å². The molecule has 5 rings (SSSR count). The van der Waals surface area contributed by atoms with Gasteiger partial charge in [0.05, 0.1) is 11.6 Å². The Morgan fingerprint density at radius 3 is 2.56 bits per heavy atom. The first-order valence-electron chi connectivity index (χ1n) is 12.4. The molecule has 186 valence electrons. The van der Waals surface area contributed by atoms with Crippen LogP contribution < -0.4 is 0 Å². The van der Waals surface area contributed by atoms with E-state index in [1.54, 1.807) is 23.3 Å². The van der Waals surface area contributed by atoms with Crippen LogP contribution in [0.3, 0.4) is 0 Å². The van der Waals surface area contributed by atoms with E-state index < -0.39 is 11.2 Å². The smallest absolute Gasteiger partial charge is 0.411 e. The van der Waals surface area contributed by atoms with E-state index in [2.05, 4.69) is 22.2 Å². The molecule has 3 heterocycles. The standard InChI is InChI=1S/C29H32N4O3/c1-20(24-12-8-9-13-25(24)22-14-16-33-26(18-22)30-21(2)31-33)32-17-15-29(36-27(32)34,19-28(3,4)35)23-10-6-5-7-11-23/h5-14,16,18,20,35H,15,17,19H2,1-4H3. The lowest BCUT2D eigenvalue weighted by molar-refractivity contribution is -0.101. The Kier molecular flexibility index (Phi) is 6.04. The highest BCUT2D eigenvalue weighted by Gasteiger charge is 2.46. The van der Waals surface area contributed by atoms with Gasteiger partial charge in [-0.25, -0.2) is 14.3 Å². The van der Waals surface area contributed by atoms with Crippen molar-refractivity contribution in [2.24, 2.45) is 0 Å². The molecule has 0 aliphatic carbocycles. The number of fused-ring (bicyclic) bond motifs is 1. The molecule has 1 saturated heterocycles. The number of rotatable bonds is 6. The van der Waals surface area contributed by atoms with Gasteiger partial charge in [-0.05, 0) is 62.1 Å². The van der Waals surface area contributed by atoms with E-state index in [-0.39, 0.29) is 12.1 Å². The summed E-state index contributed by atoms with van der Waals surface area (Å²) in [6.07, 6.45) is 2.45. The maximum atomic E-state index is 13.5. The number of carbonyl (C=O) groups excluding carboxylic acids is 1. The molecule has 2 atom stereocenters. The third kappa shape index (κ3) is 4.58. The third-order valence-corrected chi connectivity index (χ3v) is 6.92. The molecule has 1 amide bonds. The summed E-state index contributed by atoms with van der Waals surface area (Å²) in [7, 11) is 0. The lowest BCUT2D eigenvalue weighted by Gasteiger charge is -2.45. The van der Waals surface area contributed by atoms with Crippen LogP contribution >= 0.6 is 0 Å². The molecule has 2 aromatic carbocycles. The summed E-state index contributed by atoms with van der Waals surface area (Å²) in [5, 5.41) is 15.0. The first-order chi connectivity index (χ1) is 17.2. The van der Waals surface area contributed by atoms with Gasteiger partial charge in [-0.15, -0.1) is 0 Å². The molecule has 36 heavy (non-hydrogen) atoms. The van der Waals surface area contributed by atoms with Gasteiger partial charge in [-0.3, -0.25) is 0 Å². The van der Waals surface area contributed by atoms with Gasteiger partial charge in [0.15, 0.2) is 5.65 Å². The predicted octanol–water partition coefficient (Wildman–Crippen LogP) is 5.66. The number of hydrogen-bond donors (Lipinski definition) is 1. The summed E-state index contributed by atoms with van der Waals surface area (Å²) in [6, 6.07) is 21.7. The fourth-order valence-electron chi connectivity index (χ4n) is 5.34. The first-order valence-corrected chi connectivity index (χ1v) is 12.4. The Balaban J connectivity index is 1.45. The number of ether oxygens (including phenoxy) is 1. The molecular weight excluding hydrogens is 452 g/mol. The number of benzene rings is 2. The van der Waals surface area contributed by atoms with E-state index in [4.69, 9.17) is 4.74 Å². The number of aryl methyl sites for hydroxylation is 1. The number of hydrogen-bond acceptors (Lipinski definition) is 5. The second-order valence-corrected chi connectivity index (χ2v) is 10.3. The molecular formula is C29H32N4O3. The predicted molar refractivity (Wildman–Crippen MR) is 138 cm³/mol. The Bertz CT molecular complexity index is 1390. The maximum absolute atomic E-state index is 13.5. The molecule has 4 aromatic rings. The number of nitrogens with zero attached hydrogens (tertiary/aromatic N) is 4. The van der Waals surface area contributed by atoms with E-state index in [0.29, 0.717) is 19.4 Å². The van der Waals surface area contributed by atoms with Crippen molar-refractivity contribution in [2.75, 3.05) is 6.54 Å². The lowest BCUT2D eigenvalue weighted by atomic mass is 9.80. The summed E-state index contributed by atoms with van der Waals surface area (Å²) in [5.74, 6) is 0.720. The van der Waals surface area contributed by atoms with Crippen LogP contribution in [0, 0.1) is 6.92 Å². The van der Waals surface area contributed by atoms with E-state index in [9.17, 15) is 9.90 Å². The van der Waals surface area contributed by atoms with Gasteiger partial charge in [-0.1, -0.05) is 54.6 Å². The molecule has 1 aliphatic heterocycles. The molecule has 2 aromatic heterocycles. The van der Waals surface area contributed by atoms with Crippen molar-refractivity contribution in [2.45, 2.75) is 57.8 Å². The minimum Gasteiger partial charge on any atom is -0.438 e. The highest BCUT2D eigenvalue weighted by atomic mass is 16.6. The van der Waals surface area contributed by atoms with E-state index in [1.807, 2.05) is 74.6 Å². The molecule has 0 spiro atoms. The van der Waals surface area contributed by atoms with Crippen LogP contribution in [0.25, 0.3) is 16.8 Å². The minimum absolute atomic E-state index is 0.208. The van der Waals surface area contributed by atoms with E-state index in [0.717, 1.165) is 33.7 Å². The topological polar surface area (TPSA) is 80.0 Å². The van der Waals surface area contributed by atoms with E-state index >= 15 is 0 Å². The van der Waals surface area contributed by atoms with Crippen molar-refractivity contribution >= 4 is 11.7 Å². The van der Waals surface area contributed by atoms with Gasteiger partial charge < -0.3 is 14.7 Å². The number of carbonyl (C=O) groups is 1. The molecule has 2 unspecified atom stereocenters. The molecule has 0 saturated carbocycles. The Morgan fingerprint density at radius 1 is 1.11 bits per heavy atom. The normalized spacial score (nSPS) is 19.4. The van der Waals surface area contributed by atoms with Gasteiger partial charge in [-0.2, -0.15) is 5.10 Å². The Labute approximate surface area is 211 Å². The van der Waals surface area contributed by atoms with Crippen molar-refractivity contribution < 1.29 is 14.6 Å². The summed E-state index contributed by atoms with van der Waals surface area (Å²) in [5.41, 5.74) is 2.91. The van der Waals surface area contributed by atoms with Crippen LogP contribution in [0.4, 0.5) is 4.79 Å². The number of pyridine rings is 1. The maximum Gasteiger partial charge on any atom is 0.411 e. The molecule has 7 nitrogen and oxygen atoms in total.